The second kappa shape index (κ2) is 5.65. The minimum Gasteiger partial charge on any atom is -0.335 e. The van der Waals surface area contributed by atoms with Crippen LogP contribution < -0.4 is 5.32 Å². The molecule has 1 amide bonds. The first-order valence-electron chi connectivity index (χ1n) is 6.52. The maximum absolute atomic E-state index is 13.8. The van der Waals surface area contributed by atoms with Crippen LogP contribution in [0.5, 0.6) is 0 Å². The van der Waals surface area contributed by atoms with Gasteiger partial charge in [0.05, 0.1) is 5.56 Å². The van der Waals surface area contributed by atoms with Gasteiger partial charge in [-0.15, -0.1) is 0 Å². The molecular formula is C14H18F2N2O. The summed E-state index contributed by atoms with van der Waals surface area (Å²) in [5.74, 6) is -1.78. The SMILES string of the molecule is CCN(C(=O)c1cc(C)c(F)cc1F)C1CCNC1. The highest BCUT2D eigenvalue weighted by Crippen LogP contribution is 2.19. The molecule has 0 bridgehead atoms. The lowest BCUT2D eigenvalue weighted by atomic mass is 10.1. The summed E-state index contributed by atoms with van der Waals surface area (Å²) in [5.41, 5.74) is 0.234. The number of nitrogens with zero attached hydrogens (tertiary/aromatic N) is 1. The van der Waals surface area contributed by atoms with E-state index in [1.807, 2.05) is 6.92 Å². The summed E-state index contributed by atoms with van der Waals surface area (Å²) in [6.07, 6.45) is 0.862. The smallest absolute Gasteiger partial charge is 0.257 e. The zero-order valence-corrected chi connectivity index (χ0v) is 11.2. The third-order valence-corrected chi connectivity index (χ3v) is 3.56. The Balaban J connectivity index is 2.29. The quantitative estimate of drug-likeness (QED) is 0.910. The molecule has 1 saturated heterocycles. The molecule has 1 unspecified atom stereocenters. The van der Waals surface area contributed by atoms with E-state index < -0.39 is 11.6 Å². The predicted octanol–water partition coefficient (Wildman–Crippen LogP) is 2.10. The number of aryl methyl sites for hydroxylation is 1. The molecule has 1 atom stereocenters. The van der Waals surface area contributed by atoms with Gasteiger partial charge in [0.2, 0.25) is 0 Å². The molecule has 0 aromatic heterocycles. The van der Waals surface area contributed by atoms with Gasteiger partial charge < -0.3 is 10.2 Å². The molecule has 0 saturated carbocycles. The van der Waals surface area contributed by atoms with E-state index >= 15 is 0 Å². The van der Waals surface area contributed by atoms with Crippen molar-refractivity contribution in [3.8, 4) is 0 Å². The van der Waals surface area contributed by atoms with Gasteiger partial charge in [-0.05, 0) is 38.4 Å². The Bertz CT molecular complexity index is 485. The van der Waals surface area contributed by atoms with Gasteiger partial charge in [-0.25, -0.2) is 8.78 Å². The molecule has 0 spiro atoms. The van der Waals surface area contributed by atoms with Gasteiger partial charge in [0.1, 0.15) is 11.6 Å². The second-order valence-electron chi connectivity index (χ2n) is 4.82. The highest BCUT2D eigenvalue weighted by Gasteiger charge is 2.27. The molecule has 1 aromatic rings. The summed E-state index contributed by atoms with van der Waals surface area (Å²) in [6.45, 7) is 5.49. The third-order valence-electron chi connectivity index (χ3n) is 3.56. The van der Waals surface area contributed by atoms with Crippen molar-refractivity contribution >= 4 is 5.91 Å². The van der Waals surface area contributed by atoms with Crippen LogP contribution in [0.1, 0.15) is 29.3 Å². The van der Waals surface area contributed by atoms with Gasteiger partial charge in [-0.3, -0.25) is 4.79 Å². The molecule has 1 aliphatic rings. The molecule has 3 nitrogen and oxygen atoms in total. The van der Waals surface area contributed by atoms with Gasteiger partial charge in [0.25, 0.3) is 5.91 Å². The standard InChI is InChI=1S/C14H18F2N2O/c1-3-18(10-4-5-17-8-10)14(19)11-6-9(2)12(15)7-13(11)16/h6-7,10,17H,3-5,8H2,1-2H3. The number of amides is 1. The Morgan fingerprint density at radius 3 is 2.74 bits per heavy atom. The van der Waals surface area contributed by atoms with Gasteiger partial charge in [-0.1, -0.05) is 0 Å². The van der Waals surface area contributed by atoms with E-state index in [9.17, 15) is 13.6 Å². The van der Waals surface area contributed by atoms with Gasteiger partial charge >= 0.3 is 0 Å². The zero-order valence-electron chi connectivity index (χ0n) is 11.2. The molecule has 19 heavy (non-hydrogen) atoms. The van der Waals surface area contributed by atoms with Crippen LogP contribution in [0.15, 0.2) is 12.1 Å². The van der Waals surface area contributed by atoms with Crippen molar-refractivity contribution in [2.75, 3.05) is 19.6 Å². The largest absolute Gasteiger partial charge is 0.335 e. The van der Waals surface area contributed by atoms with E-state index in [1.54, 1.807) is 4.90 Å². The Morgan fingerprint density at radius 1 is 1.42 bits per heavy atom. The Hall–Kier alpha value is -1.49. The highest BCUT2D eigenvalue weighted by atomic mass is 19.1. The van der Waals surface area contributed by atoms with Gasteiger partial charge in [0.15, 0.2) is 0 Å². The molecular weight excluding hydrogens is 250 g/mol. The topological polar surface area (TPSA) is 32.3 Å². The Morgan fingerprint density at radius 2 is 2.16 bits per heavy atom. The van der Waals surface area contributed by atoms with Crippen molar-refractivity contribution in [2.24, 2.45) is 0 Å². The summed E-state index contributed by atoms with van der Waals surface area (Å²) in [4.78, 5) is 14.0. The van der Waals surface area contributed by atoms with E-state index in [-0.39, 0.29) is 23.1 Å². The van der Waals surface area contributed by atoms with Crippen molar-refractivity contribution in [1.29, 1.82) is 0 Å². The Kier molecular flexibility index (Phi) is 4.14. The number of likely N-dealkylation sites (N-methyl/N-ethyl adjacent to an activating group) is 1. The first-order chi connectivity index (χ1) is 9.04. The minimum atomic E-state index is -0.794. The lowest BCUT2D eigenvalue weighted by Gasteiger charge is -2.27. The van der Waals surface area contributed by atoms with E-state index in [1.165, 1.54) is 13.0 Å². The van der Waals surface area contributed by atoms with Crippen LogP contribution in [0.3, 0.4) is 0 Å². The minimum absolute atomic E-state index is 0.0485. The lowest BCUT2D eigenvalue weighted by Crippen LogP contribution is -2.41. The molecule has 0 aliphatic carbocycles. The lowest BCUT2D eigenvalue weighted by molar-refractivity contribution is 0.0699. The van der Waals surface area contributed by atoms with Crippen molar-refractivity contribution in [1.82, 2.24) is 10.2 Å². The van der Waals surface area contributed by atoms with Gasteiger partial charge in [-0.2, -0.15) is 0 Å². The van der Waals surface area contributed by atoms with E-state index in [0.717, 1.165) is 25.6 Å². The number of rotatable bonds is 3. The predicted molar refractivity (Wildman–Crippen MR) is 69.1 cm³/mol. The van der Waals surface area contributed by atoms with Crippen LogP contribution in [-0.2, 0) is 0 Å². The van der Waals surface area contributed by atoms with Crippen molar-refractivity contribution in [2.45, 2.75) is 26.3 Å². The number of halogens is 2. The summed E-state index contributed by atoms with van der Waals surface area (Å²) < 4.78 is 27.0. The zero-order chi connectivity index (χ0) is 14.0. The third kappa shape index (κ3) is 2.76. The van der Waals surface area contributed by atoms with Crippen LogP contribution in [0.25, 0.3) is 0 Å². The number of carbonyl (C=O) groups is 1. The maximum Gasteiger partial charge on any atom is 0.257 e. The molecule has 0 radical (unpaired) electrons. The van der Waals surface area contributed by atoms with Crippen LogP contribution >= 0.6 is 0 Å². The summed E-state index contributed by atoms with van der Waals surface area (Å²) in [7, 11) is 0. The average Bonchev–Trinajstić information content (AvgIpc) is 2.88. The fourth-order valence-electron chi connectivity index (χ4n) is 2.45. The van der Waals surface area contributed by atoms with Crippen LogP contribution in [0.4, 0.5) is 8.78 Å². The van der Waals surface area contributed by atoms with Crippen LogP contribution in [0.2, 0.25) is 0 Å². The number of hydrogen-bond acceptors (Lipinski definition) is 2. The second-order valence-corrected chi connectivity index (χ2v) is 4.82. The first-order valence-corrected chi connectivity index (χ1v) is 6.52. The number of carbonyl (C=O) groups excluding carboxylic acids is 1. The summed E-state index contributed by atoms with van der Waals surface area (Å²) in [6, 6.07) is 2.16. The maximum atomic E-state index is 13.8. The van der Waals surface area contributed by atoms with Crippen molar-refractivity contribution in [3.05, 3.63) is 34.9 Å². The van der Waals surface area contributed by atoms with Crippen LogP contribution in [0, 0.1) is 18.6 Å². The van der Waals surface area contributed by atoms with E-state index in [2.05, 4.69) is 5.32 Å². The fraction of sp³-hybridized carbons (Fsp3) is 0.500. The molecule has 1 N–H and O–H groups in total. The monoisotopic (exact) mass is 268 g/mol. The van der Waals surface area contributed by atoms with E-state index in [0.29, 0.717) is 6.54 Å². The van der Waals surface area contributed by atoms with Crippen molar-refractivity contribution < 1.29 is 13.6 Å². The normalized spacial score (nSPS) is 18.6. The van der Waals surface area contributed by atoms with Gasteiger partial charge in [0, 0.05) is 25.2 Å². The molecule has 1 heterocycles. The molecule has 1 aromatic carbocycles. The Labute approximate surface area is 111 Å². The number of benzene rings is 1. The molecule has 2 rings (SSSR count). The average molecular weight is 268 g/mol. The molecule has 5 heteroatoms. The molecule has 1 fully saturated rings. The highest BCUT2D eigenvalue weighted by molar-refractivity contribution is 5.95. The first kappa shape index (κ1) is 13.9. The summed E-state index contributed by atoms with van der Waals surface area (Å²) in [5, 5.41) is 3.18. The fourth-order valence-corrected chi connectivity index (χ4v) is 2.45. The van der Waals surface area contributed by atoms with E-state index in [4.69, 9.17) is 0 Å². The number of nitrogens with one attached hydrogen (secondary N) is 1. The summed E-state index contributed by atoms with van der Waals surface area (Å²) >= 11 is 0. The number of hydrogen-bond donors (Lipinski definition) is 1. The molecule has 104 valence electrons. The van der Waals surface area contributed by atoms with Crippen molar-refractivity contribution in [3.63, 3.8) is 0 Å². The van der Waals surface area contributed by atoms with Crippen LogP contribution in [-0.4, -0.2) is 36.5 Å². The molecule has 1 aliphatic heterocycles.